The molecule has 9 nitrogen and oxygen atoms in total. The molecule has 4 atom stereocenters. The molecule has 52 heavy (non-hydrogen) atoms. The van der Waals surface area contributed by atoms with Gasteiger partial charge in [-0.2, -0.15) is 0 Å². The number of alkyl halides is 2. The highest BCUT2D eigenvalue weighted by molar-refractivity contribution is 7.23. The molecule has 3 aliphatic rings. The van der Waals surface area contributed by atoms with Gasteiger partial charge in [0.1, 0.15) is 11.6 Å². The monoisotopic (exact) mass is 726 g/mol. The number of aromatic nitrogens is 4. The Morgan fingerprint density at radius 3 is 2.63 bits per heavy atom. The summed E-state index contributed by atoms with van der Waals surface area (Å²) in [5, 5.41) is 12.3. The third kappa shape index (κ3) is 5.06. The third-order valence-corrected chi connectivity index (χ3v) is 11.4. The van der Waals surface area contributed by atoms with E-state index >= 15 is 8.78 Å². The number of halogens is 4. The summed E-state index contributed by atoms with van der Waals surface area (Å²) in [6.07, 6.45) is 0.0502. The van der Waals surface area contributed by atoms with E-state index in [4.69, 9.17) is 14.1 Å². The Kier molecular flexibility index (Phi) is 7.75. The number of ether oxygens (including phenoxy) is 1. The summed E-state index contributed by atoms with van der Waals surface area (Å²) in [5.41, 5.74) is 3.96. The van der Waals surface area contributed by atoms with E-state index in [1.807, 2.05) is 11.0 Å². The van der Waals surface area contributed by atoms with Gasteiger partial charge in [0.05, 0.1) is 46.4 Å². The molecule has 0 radical (unpaired) electrons. The van der Waals surface area contributed by atoms with Gasteiger partial charge < -0.3 is 19.4 Å². The number of pyridine rings is 2. The van der Waals surface area contributed by atoms with Crippen LogP contribution in [0.4, 0.5) is 23.4 Å². The smallest absolute Gasteiger partial charge is 0.257 e. The summed E-state index contributed by atoms with van der Waals surface area (Å²) >= 11 is 1.33. The lowest BCUT2D eigenvalue weighted by Gasteiger charge is -2.18. The number of nitrogens with one attached hydrogen (secondary N) is 1. The quantitative estimate of drug-likeness (QED) is 0.156. The maximum Gasteiger partial charge on any atom is 0.257 e. The average molecular weight is 727 g/mol. The second-order valence-corrected chi connectivity index (χ2v) is 14.3. The number of benzene rings is 2. The predicted octanol–water partition coefficient (Wildman–Crippen LogP) is 8.59. The summed E-state index contributed by atoms with van der Waals surface area (Å²) in [6, 6.07) is 11.2. The van der Waals surface area contributed by atoms with Crippen LogP contribution in [-0.2, 0) is 12.8 Å². The number of rotatable bonds is 8. The highest BCUT2D eigenvalue weighted by atomic mass is 32.1. The number of carbonyl (C=O) groups excluding carboxylic acids is 1. The van der Waals surface area contributed by atoms with Gasteiger partial charge in [0.25, 0.3) is 5.91 Å². The maximum atomic E-state index is 15.7. The Morgan fingerprint density at radius 1 is 1.04 bits per heavy atom. The Hall–Kier alpha value is -5.37. The van der Waals surface area contributed by atoms with Crippen molar-refractivity contribution in [1.29, 1.82) is 0 Å². The number of fused-ring (bicyclic) bond motifs is 5. The van der Waals surface area contributed by atoms with Gasteiger partial charge >= 0.3 is 0 Å². The van der Waals surface area contributed by atoms with Crippen LogP contribution < -0.4 is 10.1 Å². The van der Waals surface area contributed by atoms with Crippen molar-refractivity contribution in [3.8, 4) is 27.6 Å². The molecule has 1 amide bonds. The molecule has 9 rings (SSSR count). The first-order valence-corrected chi connectivity index (χ1v) is 17.8. The fourth-order valence-electron chi connectivity index (χ4n) is 7.87. The molecule has 264 valence electrons. The zero-order valence-electron chi connectivity index (χ0n) is 27.9. The van der Waals surface area contributed by atoms with Crippen LogP contribution in [0, 0.1) is 18.6 Å². The molecule has 4 aromatic heterocycles. The van der Waals surface area contributed by atoms with Crippen LogP contribution in [0.15, 0.2) is 59.1 Å². The van der Waals surface area contributed by atoms with Crippen LogP contribution in [0.5, 0.6) is 5.75 Å². The maximum absolute atomic E-state index is 15.7. The van der Waals surface area contributed by atoms with Crippen molar-refractivity contribution < 1.29 is 31.5 Å². The lowest BCUT2D eigenvalue weighted by atomic mass is 9.93. The highest BCUT2D eigenvalue weighted by Gasteiger charge is 2.46. The zero-order valence-corrected chi connectivity index (χ0v) is 28.7. The van der Waals surface area contributed by atoms with Gasteiger partial charge in [-0.15, -0.1) is 21.5 Å². The van der Waals surface area contributed by atoms with Crippen LogP contribution in [0.3, 0.4) is 0 Å². The van der Waals surface area contributed by atoms with Crippen molar-refractivity contribution in [3.05, 3.63) is 106 Å². The standard InChI is InChI=1S/C38H30F4N6O3S/c1-17-46-47-37(51-17)27-23(12-7-18-5-8-20(39)9-6-18)44-33-24-4-3-15-48(24)38(49)29(33)28(27)25-16-19-13-14-43-36(35(19)52-25)45-32-21-10-11-22(40)34(50-2)26(21)30(41)31(32)42/h5-6,8-11,13-14,16,24,30-32H,3-4,7,12,15H2,1-2H3,(H,43,45)/t24-,30+,31-,32+/m0/s1. The molecule has 6 aromatic rings. The summed E-state index contributed by atoms with van der Waals surface area (Å²) in [7, 11) is 1.22. The van der Waals surface area contributed by atoms with Crippen molar-refractivity contribution in [1.82, 2.24) is 25.1 Å². The lowest BCUT2D eigenvalue weighted by Crippen LogP contribution is -2.22. The predicted molar refractivity (Wildman–Crippen MR) is 186 cm³/mol. The Bertz CT molecular complexity index is 2400. The summed E-state index contributed by atoms with van der Waals surface area (Å²) in [5.74, 6) is -0.701. The van der Waals surface area contributed by atoms with Gasteiger partial charge in [-0.25, -0.2) is 22.5 Å². The molecule has 0 spiro atoms. The molecular formula is C38H30F4N6O3S. The number of hydrogen-bond acceptors (Lipinski definition) is 9. The molecular weight excluding hydrogens is 697 g/mol. The fourth-order valence-corrected chi connectivity index (χ4v) is 9.03. The van der Waals surface area contributed by atoms with E-state index in [0.717, 1.165) is 29.9 Å². The average Bonchev–Trinajstić information content (AvgIpc) is 3.97. The molecule has 0 unspecified atom stereocenters. The minimum atomic E-state index is -2.11. The SMILES string of the molecule is COc1c(F)ccc2c1[C@@H](F)[C@H](F)[C@@H]2Nc1nccc2cc(-c3c4c(nc(CCc5ccc(F)cc5)c3-c3nnc(C)o3)[C@@H]3CCCN3C4=O)sc12. The second kappa shape index (κ2) is 12.4. The fraction of sp³-hybridized carbons (Fsp3) is 0.289. The number of nitrogens with zero attached hydrogens (tertiary/aromatic N) is 5. The Balaban J connectivity index is 1.20. The largest absolute Gasteiger partial charge is 0.493 e. The van der Waals surface area contributed by atoms with Crippen LogP contribution in [0.2, 0.25) is 0 Å². The van der Waals surface area contributed by atoms with Gasteiger partial charge in [-0.05, 0) is 72.5 Å². The van der Waals surface area contributed by atoms with E-state index in [9.17, 15) is 13.6 Å². The van der Waals surface area contributed by atoms with Gasteiger partial charge in [0.15, 0.2) is 23.9 Å². The molecule has 1 fully saturated rings. The number of hydrogen-bond donors (Lipinski definition) is 1. The van der Waals surface area contributed by atoms with Gasteiger partial charge in [-0.3, -0.25) is 9.78 Å². The molecule has 6 heterocycles. The van der Waals surface area contributed by atoms with Crippen LogP contribution in [0.1, 0.15) is 75.4 Å². The first kappa shape index (κ1) is 32.5. The van der Waals surface area contributed by atoms with E-state index in [-0.39, 0.29) is 40.5 Å². The molecule has 14 heteroatoms. The summed E-state index contributed by atoms with van der Waals surface area (Å²) in [6.45, 7) is 2.30. The molecule has 0 bridgehead atoms. The minimum Gasteiger partial charge on any atom is -0.493 e. The molecule has 2 aliphatic heterocycles. The zero-order chi connectivity index (χ0) is 35.8. The van der Waals surface area contributed by atoms with E-state index in [1.54, 1.807) is 31.3 Å². The van der Waals surface area contributed by atoms with Crippen molar-refractivity contribution in [3.63, 3.8) is 0 Å². The highest BCUT2D eigenvalue weighted by Crippen LogP contribution is 2.52. The number of carbonyl (C=O) groups is 1. The van der Waals surface area contributed by atoms with Crippen molar-refractivity contribution >= 4 is 33.1 Å². The van der Waals surface area contributed by atoms with Crippen molar-refractivity contribution in [2.45, 2.75) is 57.0 Å². The normalized spacial score (nSPS) is 20.4. The summed E-state index contributed by atoms with van der Waals surface area (Å²) < 4.78 is 71.0. The van der Waals surface area contributed by atoms with Gasteiger partial charge in [0.2, 0.25) is 11.8 Å². The van der Waals surface area contributed by atoms with Gasteiger partial charge in [0, 0.05) is 35.7 Å². The molecule has 1 N–H and O–H groups in total. The van der Waals surface area contributed by atoms with Crippen LogP contribution >= 0.6 is 11.3 Å². The number of methoxy groups -OCH3 is 1. The number of thiophene rings is 1. The molecule has 0 saturated carbocycles. The van der Waals surface area contributed by atoms with E-state index in [2.05, 4.69) is 20.5 Å². The van der Waals surface area contributed by atoms with E-state index < -0.39 is 24.2 Å². The van der Waals surface area contributed by atoms with Crippen molar-refractivity contribution in [2.24, 2.45) is 0 Å². The molecule has 1 saturated heterocycles. The third-order valence-electron chi connectivity index (χ3n) is 10.2. The van der Waals surface area contributed by atoms with E-state index in [1.165, 1.54) is 36.6 Å². The first-order chi connectivity index (χ1) is 25.2. The van der Waals surface area contributed by atoms with Crippen LogP contribution in [0.25, 0.3) is 32.0 Å². The number of aryl methyl sites for hydroxylation is 3. The molecule has 2 aromatic carbocycles. The van der Waals surface area contributed by atoms with Crippen LogP contribution in [-0.4, -0.2) is 50.8 Å². The second-order valence-electron chi connectivity index (χ2n) is 13.2. The summed E-state index contributed by atoms with van der Waals surface area (Å²) in [4.78, 5) is 26.4. The van der Waals surface area contributed by atoms with E-state index in [0.29, 0.717) is 68.8 Å². The Labute approximate surface area is 298 Å². The number of anilines is 1. The number of amides is 1. The van der Waals surface area contributed by atoms with Gasteiger partial charge in [-0.1, -0.05) is 18.2 Å². The minimum absolute atomic E-state index is 0.130. The molecule has 1 aliphatic carbocycles. The topological polar surface area (TPSA) is 106 Å². The van der Waals surface area contributed by atoms with Crippen molar-refractivity contribution in [2.75, 3.05) is 19.0 Å². The Morgan fingerprint density at radius 2 is 1.87 bits per heavy atom. The first-order valence-electron chi connectivity index (χ1n) is 16.9. The lowest BCUT2D eigenvalue weighted by molar-refractivity contribution is 0.0776.